The normalized spacial score (nSPS) is 11.5. The third-order valence-corrected chi connectivity index (χ3v) is 7.33. The molecule has 0 amide bonds. The van der Waals surface area contributed by atoms with E-state index in [4.69, 9.17) is 27.5 Å². The summed E-state index contributed by atoms with van der Waals surface area (Å²) in [4.78, 5) is 10.8. The Morgan fingerprint density at radius 2 is 1.46 bits per heavy atom. The first kappa shape index (κ1) is 24.3. The molecule has 0 saturated carbocycles. The summed E-state index contributed by atoms with van der Waals surface area (Å²) in [6.45, 7) is 0.663. The number of nitro groups is 1. The van der Waals surface area contributed by atoms with Crippen molar-refractivity contribution in [3.05, 3.63) is 27.8 Å². The lowest BCUT2D eigenvalue weighted by Gasteiger charge is -2.24. The highest BCUT2D eigenvalue weighted by Crippen LogP contribution is 2.34. The Morgan fingerprint density at radius 1 is 0.893 bits per heavy atom. The molecule has 0 spiro atoms. The van der Waals surface area contributed by atoms with Gasteiger partial charge in [0.15, 0.2) is 11.5 Å². The quantitative estimate of drug-likeness (QED) is 0.185. The van der Waals surface area contributed by atoms with E-state index in [1.165, 1.54) is 20.3 Å². The minimum absolute atomic E-state index is 0.0438. The Kier molecular flexibility index (Phi) is 11.0. The second-order valence-electron chi connectivity index (χ2n) is 6.11. The van der Waals surface area contributed by atoms with Crippen LogP contribution in [0.25, 0.3) is 0 Å². The van der Waals surface area contributed by atoms with Crippen molar-refractivity contribution in [3.8, 4) is 11.5 Å². The number of unbranched alkanes of at least 4 members (excludes halogenated alkanes) is 3. The molecule has 28 heavy (non-hydrogen) atoms. The first-order valence-electron chi connectivity index (χ1n) is 9.09. The number of ether oxygens (including phenoxy) is 3. The van der Waals surface area contributed by atoms with E-state index in [2.05, 4.69) is 0 Å². The molecule has 1 aromatic rings. The van der Waals surface area contributed by atoms with Crippen molar-refractivity contribution in [3.63, 3.8) is 0 Å². The lowest BCUT2D eigenvalue weighted by Crippen LogP contribution is -2.42. The maximum absolute atomic E-state index is 11.3. The molecule has 0 radical (unpaired) electrons. The summed E-state index contributed by atoms with van der Waals surface area (Å²) in [5.41, 5.74) is 0.413. The van der Waals surface area contributed by atoms with E-state index in [9.17, 15) is 10.1 Å². The number of nitrogens with zero attached hydrogens (tertiary/aromatic N) is 1. The number of hydrogen-bond acceptors (Lipinski definition) is 8. The zero-order valence-electron chi connectivity index (χ0n) is 17.3. The number of benzene rings is 1. The fourth-order valence-corrected chi connectivity index (χ4v) is 4.63. The largest absolute Gasteiger partial charge is 0.500 e. The molecule has 0 atom stereocenters. The first-order chi connectivity index (χ1) is 13.5. The molecule has 0 aliphatic rings. The summed E-state index contributed by atoms with van der Waals surface area (Å²) in [5.74, 6) is 0.759. The highest BCUT2D eigenvalue weighted by Gasteiger charge is 2.36. The van der Waals surface area contributed by atoms with Gasteiger partial charge in [0, 0.05) is 34.0 Å². The van der Waals surface area contributed by atoms with Gasteiger partial charge >= 0.3 is 8.80 Å². The second-order valence-corrected chi connectivity index (χ2v) is 9.20. The van der Waals surface area contributed by atoms with E-state index in [1.54, 1.807) is 27.4 Å². The zero-order valence-corrected chi connectivity index (χ0v) is 18.3. The van der Waals surface area contributed by atoms with E-state index in [0.29, 0.717) is 23.7 Å². The lowest BCUT2D eigenvalue weighted by atomic mass is 10.1. The maximum Gasteiger partial charge on any atom is 0.500 e. The van der Waals surface area contributed by atoms with Gasteiger partial charge in [-0.05, 0) is 18.9 Å². The molecule has 9 nitrogen and oxygen atoms in total. The van der Waals surface area contributed by atoms with Crippen molar-refractivity contribution in [2.45, 2.75) is 38.3 Å². The summed E-state index contributed by atoms with van der Waals surface area (Å²) < 4.78 is 32.1. The van der Waals surface area contributed by atoms with Gasteiger partial charge in [-0.25, -0.2) is 0 Å². The Labute approximate surface area is 167 Å². The third kappa shape index (κ3) is 7.02. The van der Waals surface area contributed by atoms with E-state index >= 15 is 0 Å². The number of hydrogen-bond donors (Lipinski definition) is 0. The Balaban J connectivity index is 2.41. The van der Waals surface area contributed by atoms with Crippen LogP contribution in [-0.4, -0.2) is 55.9 Å². The minimum atomic E-state index is -2.49. The molecule has 0 aliphatic heterocycles. The van der Waals surface area contributed by atoms with Crippen LogP contribution in [0, 0.1) is 10.1 Å². The second kappa shape index (κ2) is 12.7. The van der Waals surface area contributed by atoms with Crippen molar-refractivity contribution in [2.75, 3.05) is 42.2 Å². The summed E-state index contributed by atoms with van der Waals surface area (Å²) in [5, 5.41) is 11.3. The molecule has 0 saturated heterocycles. The van der Waals surface area contributed by atoms with Gasteiger partial charge in [-0.15, -0.1) is 0 Å². The van der Waals surface area contributed by atoms with Gasteiger partial charge in [0.25, 0.3) is 5.69 Å². The average Bonchev–Trinajstić information content (AvgIpc) is 2.72. The predicted molar refractivity (Wildman–Crippen MR) is 106 cm³/mol. The highest BCUT2D eigenvalue weighted by molar-refractivity contribution is 6.60. The smallest absolute Gasteiger partial charge is 0.493 e. The van der Waals surface area contributed by atoms with E-state index in [0.717, 1.165) is 31.7 Å². The van der Waals surface area contributed by atoms with Gasteiger partial charge in [-0.1, -0.05) is 12.8 Å². The molecular weight excluding hydrogens is 386 g/mol. The van der Waals surface area contributed by atoms with Crippen LogP contribution in [0.1, 0.15) is 31.2 Å². The Morgan fingerprint density at radius 3 is 2.00 bits per heavy atom. The molecule has 0 unspecified atom stereocenters. The molecular formula is C18H31NO8Si. The fraction of sp³-hybridized carbons (Fsp3) is 0.667. The van der Waals surface area contributed by atoms with Gasteiger partial charge in [-0.2, -0.15) is 0 Å². The molecule has 1 rings (SSSR count). The minimum Gasteiger partial charge on any atom is -0.493 e. The fourth-order valence-electron chi connectivity index (χ4n) is 2.83. The zero-order chi connectivity index (χ0) is 21.0. The summed E-state index contributed by atoms with van der Waals surface area (Å²) in [6, 6.07) is 3.71. The number of methoxy groups -OCH3 is 2. The molecule has 0 aromatic heterocycles. The van der Waals surface area contributed by atoms with E-state index in [1.807, 2.05) is 0 Å². The van der Waals surface area contributed by atoms with Gasteiger partial charge in [-0.3, -0.25) is 10.1 Å². The SMILES string of the molecule is COc1cc(COCCCCCC[Si](OC)(OC)OC)c([N+](=O)[O-])cc1OC. The van der Waals surface area contributed by atoms with Crippen LogP contribution in [0.5, 0.6) is 11.5 Å². The lowest BCUT2D eigenvalue weighted by molar-refractivity contribution is -0.386. The van der Waals surface area contributed by atoms with Crippen LogP contribution >= 0.6 is 0 Å². The third-order valence-electron chi connectivity index (χ3n) is 4.49. The first-order valence-corrected chi connectivity index (χ1v) is 11.0. The van der Waals surface area contributed by atoms with Crippen LogP contribution in [-0.2, 0) is 24.6 Å². The molecule has 10 heteroatoms. The van der Waals surface area contributed by atoms with Crippen LogP contribution < -0.4 is 9.47 Å². The molecule has 160 valence electrons. The summed E-state index contributed by atoms with van der Waals surface area (Å²) in [7, 11) is 5.28. The van der Waals surface area contributed by atoms with Crippen molar-refractivity contribution >= 4 is 14.5 Å². The van der Waals surface area contributed by atoms with E-state index in [-0.39, 0.29) is 12.3 Å². The van der Waals surface area contributed by atoms with Crippen LogP contribution in [0.3, 0.4) is 0 Å². The molecule has 0 N–H and O–H groups in total. The van der Waals surface area contributed by atoms with Gasteiger partial charge in [0.2, 0.25) is 0 Å². The number of nitro benzene ring substituents is 1. The van der Waals surface area contributed by atoms with Crippen molar-refractivity contribution < 1.29 is 32.4 Å². The number of rotatable bonds is 15. The molecule has 0 aliphatic carbocycles. The highest BCUT2D eigenvalue weighted by atomic mass is 28.4. The average molecular weight is 418 g/mol. The van der Waals surface area contributed by atoms with Crippen molar-refractivity contribution in [2.24, 2.45) is 0 Å². The monoisotopic (exact) mass is 417 g/mol. The topological polar surface area (TPSA) is 98.5 Å². The van der Waals surface area contributed by atoms with Crippen LogP contribution in [0.4, 0.5) is 5.69 Å². The Bertz CT molecular complexity index is 601. The van der Waals surface area contributed by atoms with E-state index < -0.39 is 13.7 Å². The standard InChI is InChI=1S/C18H31NO8Si/c1-22-17-12-15(16(19(20)21)13-18(17)23-2)14-27-10-8-6-7-9-11-28(24-3,25-4)26-5/h12-13H,6-11,14H2,1-5H3. The molecule has 0 bridgehead atoms. The van der Waals surface area contributed by atoms with Crippen LogP contribution in [0.2, 0.25) is 6.04 Å². The predicted octanol–water partition coefficient (Wildman–Crippen LogP) is 3.57. The van der Waals surface area contributed by atoms with Crippen molar-refractivity contribution in [1.82, 2.24) is 0 Å². The molecule has 0 fully saturated rings. The van der Waals surface area contributed by atoms with Crippen molar-refractivity contribution in [1.29, 1.82) is 0 Å². The summed E-state index contributed by atoms with van der Waals surface area (Å²) >= 11 is 0. The summed E-state index contributed by atoms with van der Waals surface area (Å²) in [6.07, 6.45) is 3.80. The molecule has 1 aromatic carbocycles. The van der Waals surface area contributed by atoms with Crippen LogP contribution in [0.15, 0.2) is 12.1 Å². The van der Waals surface area contributed by atoms with Gasteiger partial charge in [0.1, 0.15) is 0 Å². The molecule has 0 heterocycles. The van der Waals surface area contributed by atoms with Gasteiger partial charge < -0.3 is 27.5 Å². The maximum atomic E-state index is 11.3. The van der Waals surface area contributed by atoms with Gasteiger partial charge in [0.05, 0.1) is 37.4 Å². The Hall–Kier alpha value is -1.72.